The molecule has 2 amide bonds. The summed E-state index contributed by atoms with van der Waals surface area (Å²) in [5.74, 6) is -0.380. The lowest BCUT2D eigenvalue weighted by atomic mass is 9.87. The van der Waals surface area contributed by atoms with Gasteiger partial charge in [-0.1, -0.05) is 32.9 Å². The van der Waals surface area contributed by atoms with Gasteiger partial charge in [0.15, 0.2) is 9.84 Å². The summed E-state index contributed by atoms with van der Waals surface area (Å²) in [6, 6.07) is 6.89. The van der Waals surface area contributed by atoms with E-state index in [9.17, 15) is 18.0 Å². The molecule has 1 heterocycles. The molecule has 0 aliphatic carbocycles. The molecule has 1 saturated heterocycles. The Hall–Kier alpha value is -1.89. The SMILES string of the molecule is CC(=O)N1CCN(C(=O)CCS(=O)(=O)c2ccc(C(C)(C)C)cc2)CC1. The molecule has 0 aromatic heterocycles. The Kier molecular flexibility index (Phi) is 6.11. The fourth-order valence-electron chi connectivity index (χ4n) is 2.93. The maximum Gasteiger partial charge on any atom is 0.223 e. The minimum absolute atomic E-state index is 0.00150. The minimum atomic E-state index is -3.49. The third-order valence-electron chi connectivity index (χ3n) is 4.74. The van der Waals surface area contributed by atoms with Gasteiger partial charge in [-0.05, 0) is 23.1 Å². The van der Waals surface area contributed by atoms with Crippen LogP contribution >= 0.6 is 0 Å². The van der Waals surface area contributed by atoms with E-state index in [2.05, 4.69) is 20.8 Å². The average Bonchev–Trinajstić information content (AvgIpc) is 2.59. The van der Waals surface area contributed by atoms with E-state index in [1.54, 1.807) is 21.9 Å². The van der Waals surface area contributed by atoms with Gasteiger partial charge in [0.05, 0.1) is 10.6 Å². The molecule has 1 aromatic carbocycles. The lowest BCUT2D eigenvalue weighted by Gasteiger charge is -2.34. The standard InChI is InChI=1S/C19H28N2O4S/c1-15(22)20-10-12-21(13-11-20)18(23)9-14-26(24,25)17-7-5-16(6-8-17)19(2,3)4/h5-8H,9-14H2,1-4H3. The van der Waals surface area contributed by atoms with Crippen LogP contribution in [0.15, 0.2) is 29.2 Å². The van der Waals surface area contributed by atoms with E-state index in [1.165, 1.54) is 6.92 Å². The van der Waals surface area contributed by atoms with Crippen LogP contribution in [0.4, 0.5) is 0 Å². The van der Waals surface area contributed by atoms with Crippen molar-refractivity contribution >= 4 is 21.7 Å². The van der Waals surface area contributed by atoms with Gasteiger partial charge in [-0.2, -0.15) is 0 Å². The van der Waals surface area contributed by atoms with Crippen LogP contribution in [-0.4, -0.2) is 62.0 Å². The highest BCUT2D eigenvalue weighted by molar-refractivity contribution is 7.91. The topological polar surface area (TPSA) is 74.8 Å². The Balaban J connectivity index is 1.93. The highest BCUT2D eigenvalue weighted by Gasteiger charge is 2.24. The molecule has 1 fully saturated rings. The molecule has 2 rings (SSSR count). The summed E-state index contributed by atoms with van der Waals surface area (Å²) in [5.41, 5.74) is 1.02. The molecule has 144 valence electrons. The van der Waals surface area contributed by atoms with Crippen LogP contribution in [0.5, 0.6) is 0 Å². The normalized spacial score (nSPS) is 15.8. The van der Waals surface area contributed by atoms with Crippen LogP contribution in [0.2, 0.25) is 0 Å². The fourth-order valence-corrected chi connectivity index (χ4v) is 4.16. The number of nitrogens with zero attached hydrogens (tertiary/aromatic N) is 2. The van der Waals surface area contributed by atoms with Gasteiger partial charge in [0.1, 0.15) is 0 Å². The number of amides is 2. The predicted octanol–water partition coefficient (Wildman–Crippen LogP) is 1.84. The van der Waals surface area contributed by atoms with Gasteiger partial charge >= 0.3 is 0 Å². The van der Waals surface area contributed by atoms with E-state index in [0.29, 0.717) is 26.2 Å². The lowest BCUT2D eigenvalue weighted by Crippen LogP contribution is -2.50. The molecule has 6 nitrogen and oxygen atoms in total. The van der Waals surface area contributed by atoms with Crippen molar-refractivity contribution in [1.82, 2.24) is 9.80 Å². The Morgan fingerprint density at radius 2 is 1.46 bits per heavy atom. The second-order valence-electron chi connectivity index (χ2n) is 7.73. The van der Waals surface area contributed by atoms with Crippen LogP contribution in [0, 0.1) is 0 Å². The van der Waals surface area contributed by atoms with Gasteiger partial charge in [0.25, 0.3) is 0 Å². The van der Waals surface area contributed by atoms with Crippen LogP contribution in [0.25, 0.3) is 0 Å². The van der Waals surface area contributed by atoms with Gasteiger partial charge in [0, 0.05) is 39.5 Å². The molecule has 0 spiro atoms. The number of sulfone groups is 1. The molecule has 1 aliphatic rings. The number of hydrogen-bond donors (Lipinski definition) is 0. The quantitative estimate of drug-likeness (QED) is 0.799. The van der Waals surface area contributed by atoms with Crippen molar-refractivity contribution < 1.29 is 18.0 Å². The smallest absolute Gasteiger partial charge is 0.223 e. The molecule has 0 N–H and O–H groups in total. The zero-order chi connectivity index (χ0) is 19.5. The molecule has 26 heavy (non-hydrogen) atoms. The van der Waals surface area contributed by atoms with Crippen molar-refractivity contribution in [3.63, 3.8) is 0 Å². The molecule has 0 unspecified atom stereocenters. The molecule has 0 bridgehead atoms. The van der Waals surface area contributed by atoms with Gasteiger partial charge in [-0.3, -0.25) is 9.59 Å². The Bertz CT molecular complexity index is 756. The average molecular weight is 381 g/mol. The Morgan fingerprint density at radius 3 is 1.92 bits per heavy atom. The van der Waals surface area contributed by atoms with Gasteiger partial charge in [-0.15, -0.1) is 0 Å². The summed E-state index contributed by atoms with van der Waals surface area (Å²) in [6.45, 7) is 9.64. The van der Waals surface area contributed by atoms with E-state index < -0.39 is 9.84 Å². The van der Waals surface area contributed by atoms with Gasteiger partial charge in [0.2, 0.25) is 11.8 Å². The predicted molar refractivity (Wildman–Crippen MR) is 101 cm³/mol. The Labute approximate surface area is 156 Å². The van der Waals surface area contributed by atoms with Crippen molar-refractivity contribution in [3.8, 4) is 0 Å². The maximum atomic E-state index is 12.5. The molecule has 0 atom stereocenters. The highest BCUT2D eigenvalue weighted by Crippen LogP contribution is 2.24. The van der Waals surface area contributed by atoms with Crippen LogP contribution in [0.1, 0.15) is 39.7 Å². The highest BCUT2D eigenvalue weighted by atomic mass is 32.2. The lowest BCUT2D eigenvalue weighted by molar-refractivity contribution is -0.138. The largest absolute Gasteiger partial charge is 0.339 e. The third kappa shape index (κ3) is 5.06. The first-order valence-electron chi connectivity index (χ1n) is 8.87. The summed E-state index contributed by atoms with van der Waals surface area (Å²) >= 11 is 0. The zero-order valence-corrected chi connectivity index (χ0v) is 16.8. The van der Waals surface area contributed by atoms with Crippen LogP contribution in [-0.2, 0) is 24.8 Å². The third-order valence-corrected chi connectivity index (χ3v) is 6.47. The second-order valence-corrected chi connectivity index (χ2v) is 9.84. The van der Waals surface area contributed by atoms with E-state index in [-0.39, 0.29) is 34.3 Å². The number of hydrogen-bond acceptors (Lipinski definition) is 4. The zero-order valence-electron chi connectivity index (χ0n) is 16.0. The van der Waals surface area contributed by atoms with E-state index in [4.69, 9.17) is 0 Å². The molecule has 1 aliphatic heterocycles. The van der Waals surface area contributed by atoms with E-state index in [1.807, 2.05) is 12.1 Å². The van der Waals surface area contributed by atoms with E-state index >= 15 is 0 Å². The van der Waals surface area contributed by atoms with Crippen LogP contribution in [0.3, 0.4) is 0 Å². The monoisotopic (exact) mass is 380 g/mol. The minimum Gasteiger partial charge on any atom is -0.339 e. The summed E-state index contributed by atoms with van der Waals surface area (Å²) in [7, 11) is -3.49. The molecule has 1 aromatic rings. The number of rotatable bonds is 4. The van der Waals surface area contributed by atoms with Crippen molar-refractivity contribution in [2.75, 3.05) is 31.9 Å². The number of carbonyl (C=O) groups excluding carboxylic acids is 2. The Morgan fingerprint density at radius 1 is 0.962 bits per heavy atom. The second kappa shape index (κ2) is 7.78. The first-order chi connectivity index (χ1) is 12.0. The number of piperazine rings is 1. The summed E-state index contributed by atoms with van der Waals surface area (Å²) < 4.78 is 25.0. The van der Waals surface area contributed by atoms with Crippen molar-refractivity contribution in [2.24, 2.45) is 0 Å². The van der Waals surface area contributed by atoms with Crippen LogP contribution < -0.4 is 0 Å². The fraction of sp³-hybridized carbons (Fsp3) is 0.579. The molecule has 0 radical (unpaired) electrons. The summed E-state index contributed by atoms with van der Waals surface area (Å²) in [6.07, 6.45) is -0.0383. The molecular formula is C19H28N2O4S. The summed E-state index contributed by atoms with van der Waals surface area (Å²) in [5, 5.41) is 0. The van der Waals surface area contributed by atoms with Crippen molar-refractivity contribution in [1.29, 1.82) is 0 Å². The van der Waals surface area contributed by atoms with Crippen molar-refractivity contribution in [3.05, 3.63) is 29.8 Å². The van der Waals surface area contributed by atoms with Gasteiger partial charge < -0.3 is 9.80 Å². The maximum absolute atomic E-state index is 12.5. The summed E-state index contributed by atoms with van der Waals surface area (Å²) in [4.78, 5) is 27.2. The molecule has 7 heteroatoms. The number of carbonyl (C=O) groups is 2. The van der Waals surface area contributed by atoms with Crippen molar-refractivity contribution in [2.45, 2.75) is 44.4 Å². The molecule has 0 saturated carbocycles. The van der Waals surface area contributed by atoms with Gasteiger partial charge in [-0.25, -0.2) is 8.42 Å². The molecular weight excluding hydrogens is 352 g/mol. The first kappa shape index (κ1) is 20.4. The first-order valence-corrected chi connectivity index (χ1v) is 10.5. The van der Waals surface area contributed by atoms with E-state index in [0.717, 1.165) is 5.56 Å². The number of benzene rings is 1.